The van der Waals surface area contributed by atoms with E-state index >= 15 is 0 Å². The summed E-state index contributed by atoms with van der Waals surface area (Å²) in [4.78, 5) is 29.7. The van der Waals surface area contributed by atoms with Crippen LogP contribution in [-0.4, -0.2) is 35.4 Å². The first kappa shape index (κ1) is 20.8. The molecule has 8 heteroatoms. The van der Waals surface area contributed by atoms with Crippen LogP contribution in [0.1, 0.15) is 54.1 Å². The van der Waals surface area contributed by atoms with E-state index in [0.717, 1.165) is 29.7 Å². The maximum atomic E-state index is 12.7. The Balaban J connectivity index is 1.31. The average molecular weight is 419 g/mol. The standard InChI is InChI=1S/C23H26N6O2/c1-13(22(30)29-19-7-6-18-17(19)5-8-21(25)28-18)27-23(31)20-10-16(12-26-20)15-4-2-3-14(9-15)11-24/h2-5,8-9,13,16,19-20,26H,6-7,10,12H2,1H3,(H2,25,28)(H,27,31)(H,29,30)/t13-,16?,19+,20+/m0/s1. The van der Waals surface area contributed by atoms with E-state index in [9.17, 15) is 9.59 Å². The van der Waals surface area contributed by atoms with Crippen molar-refractivity contribution in [3.05, 3.63) is 58.8 Å². The van der Waals surface area contributed by atoms with Crippen molar-refractivity contribution < 1.29 is 9.59 Å². The number of carbonyl (C=O) groups is 2. The van der Waals surface area contributed by atoms with Gasteiger partial charge >= 0.3 is 0 Å². The van der Waals surface area contributed by atoms with E-state index in [-0.39, 0.29) is 29.8 Å². The molecule has 0 bridgehead atoms. The fourth-order valence-corrected chi connectivity index (χ4v) is 4.36. The highest BCUT2D eigenvalue weighted by molar-refractivity contribution is 5.90. The topological polar surface area (TPSA) is 133 Å². The number of fused-ring (bicyclic) bond motifs is 1. The van der Waals surface area contributed by atoms with Crippen molar-refractivity contribution in [3.8, 4) is 6.07 Å². The summed E-state index contributed by atoms with van der Waals surface area (Å²) in [5, 5.41) is 18.2. The molecule has 2 aliphatic rings. The number of nitriles is 1. The van der Waals surface area contributed by atoms with Gasteiger partial charge in [0.2, 0.25) is 11.8 Å². The van der Waals surface area contributed by atoms with Gasteiger partial charge in [-0.3, -0.25) is 9.59 Å². The molecule has 1 aromatic heterocycles. The minimum absolute atomic E-state index is 0.114. The Morgan fingerprint density at radius 3 is 2.97 bits per heavy atom. The summed E-state index contributed by atoms with van der Waals surface area (Å²) in [6.07, 6.45) is 2.16. The molecule has 4 rings (SSSR count). The quantitative estimate of drug-likeness (QED) is 0.578. The fourth-order valence-electron chi connectivity index (χ4n) is 4.36. The zero-order chi connectivity index (χ0) is 22.0. The number of pyridine rings is 1. The third-order valence-corrected chi connectivity index (χ3v) is 6.08. The number of amides is 2. The Hall–Kier alpha value is -3.44. The van der Waals surface area contributed by atoms with Gasteiger partial charge in [-0.15, -0.1) is 0 Å². The van der Waals surface area contributed by atoms with Crippen LogP contribution >= 0.6 is 0 Å². The van der Waals surface area contributed by atoms with Gasteiger partial charge in [0.15, 0.2) is 0 Å². The van der Waals surface area contributed by atoms with Crippen molar-refractivity contribution in [2.75, 3.05) is 12.3 Å². The van der Waals surface area contributed by atoms with Crippen molar-refractivity contribution in [1.82, 2.24) is 20.9 Å². The molecule has 160 valence electrons. The number of rotatable bonds is 5. The highest BCUT2D eigenvalue weighted by atomic mass is 16.2. The average Bonchev–Trinajstić information content (AvgIpc) is 3.41. The van der Waals surface area contributed by atoms with Crippen LogP contribution in [0.5, 0.6) is 0 Å². The Morgan fingerprint density at radius 2 is 2.16 bits per heavy atom. The molecule has 2 amide bonds. The van der Waals surface area contributed by atoms with E-state index in [4.69, 9.17) is 11.0 Å². The summed E-state index contributed by atoms with van der Waals surface area (Å²) in [5.74, 6) is 0.221. The van der Waals surface area contributed by atoms with E-state index in [1.54, 1.807) is 19.1 Å². The van der Waals surface area contributed by atoms with Crippen molar-refractivity contribution in [2.45, 2.75) is 50.2 Å². The van der Waals surface area contributed by atoms with Crippen molar-refractivity contribution in [3.63, 3.8) is 0 Å². The lowest BCUT2D eigenvalue weighted by Crippen LogP contribution is -2.50. The summed E-state index contributed by atoms with van der Waals surface area (Å²) in [6.45, 7) is 2.34. The van der Waals surface area contributed by atoms with E-state index in [1.807, 2.05) is 24.3 Å². The monoisotopic (exact) mass is 418 g/mol. The molecule has 31 heavy (non-hydrogen) atoms. The predicted octanol–water partition coefficient (Wildman–Crippen LogP) is 1.29. The SMILES string of the molecule is C[C@H](NC(=O)[C@H]1CC(c2cccc(C#N)c2)CN1)C(=O)N[C@@H]1CCc2nc(N)ccc21. The van der Waals surface area contributed by atoms with E-state index in [1.165, 1.54) is 0 Å². The highest BCUT2D eigenvalue weighted by Crippen LogP contribution is 2.30. The molecule has 2 aromatic rings. The third kappa shape index (κ3) is 4.52. The molecule has 2 heterocycles. The maximum absolute atomic E-state index is 12.7. The van der Waals surface area contributed by atoms with E-state index in [2.05, 4.69) is 27.0 Å². The van der Waals surface area contributed by atoms with Gasteiger partial charge < -0.3 is 21.7 Å². The normalized spacial score (nSPS) is 22.9. The zero-order valence-corrected chi connectivity index (χ0v) is 17.4. The number of anilines is 1. The number of carbonyl (C=O) groups excluding carboxylic acids is 2. The molecule has 4 atom stereocenters. The van der Waals surface area contributed by atoms with Crippen molar-refractivity contribution >= 4 is 17.6 Å². The molecule has 1 aromatic carbocycles. The largest absolute Gasteiger partial charge is 0.384 e. The van der Waals surface area contributed by atoms with Crippen molar-refractivity contribution in [2.24, 2.45) is 0 Å². The Kier molecular flexibility index (Phi) is 5.87. The van der Waals surface area contributed by atoms with Crippen LogP contribution in [0, 0.1) is 11.3 Å². The van der Waals surface area contributed by atoms with E-state index in [0.29, 0.717) is 24.3 Å². The van der Waals surface area contributed by atoms with Gasteiger partial charge in [0.25, 0.3) is 0 Å². The molecule has 8 nitrogen and oxygen atoms in total. The van der Waals surface area contributed by atoms with Gasteiger partial charge in [-0.1, -0.05) is 18.2 Å². The van der Waals surface area contributed by atoms with Crippen LogP contribution in [0.3, 0.4) is 0 Å². The Labute approximate surface area is 181 Å². The number of nitrogens with zero attached hydrogens (tertiary/aromatic N) is 2. The summed E-state index contributed by atoms with van der Waals surface area (Å²) < 4.78 is 0. The van der Waals surface area contributed by atoms with Gasteiger partial charge in [0.1, 0.15) is 11.9 Å². The highest BCUT2D eigenvalue weighted by Gasteiger charge is 2.32. The summed E-state index contributed by atoms with van der Waals surface area (Å²) >= 11 is 0. The second-order valence-electron chi connectivity index (χ2n) is 8.23. The molecule has 1 fully saturated rings. The number of nitrogen functional groups attached to an aromatic ring is 1. The van der Waals surface area contributed by atoms with Gasteiger partial charge in [0, 0.05) is 12.2 Å². The molecular formula is C23H26N6O2. The Bertz CT molecular complexity index is 1050. The van der Waals surface area contributed by atoms with Gasteiger partial charge in [-0.05, 0) is 61.4 Å². The smallest absolute Gasteiger partial charge is 0.242 e. The first-order chi connectivity index (χ1) is 14.9. The third-order valence-electron chi connectivity index (χ3n) is 6.08. The molecule has 1 unspecified atom stereocenters. The molecular weight excluding hydrogens is 392 g/mol. The molecule has 1 aliphatic carbocycles. The lowest BCUT2D eigenvalue weighted by Gasteiger charge is -2.20. The molecule has 5 N–H and O–H groups in total. The zero-order valence-electron chi connectivity index (χ0n) is 17.4. The first-order valence-electron chi connectivity index (χ1n) is 10.5. The number of benzene rings is 1. The van der Waals surface area contributed by atoms with Crippen LogP contribution < -0.4 is 21.7 Å². The number of hydrogen-bond donors (Lipinski definition) is 4. The number of aryl methyl sites for hydroxylation is 1. The maximum Gasteiger partial charge on any atom is 0.242 e. The summed E-state index contributed by atoms with van der Waals surface area (Å²) in [5.41, 5.74) is 9.30. The number of nitrogens with two attached hydrogens (primary N) is 1. The number of hydrogen-bond acceptors (Lipinski definition) is 6. The van der Waals surface area contributed by atoms with Crippen LogP contribution in [0.15, 0.2) is 36.4 Å². The lowest BCUT2D eigenvalue weighted by atomic mass is 9.95. The molecule has 1 aliphatic heterocycles. The molecule has 0 saturated carbocycles. The van der Waals surface area contributed by atoms with Crippen LogP contribution in [0.25, 0.3) is 0 Å². The van der Waals surface area contributed by atoms with Gasteiger partial charge in [-0.2, -0.15) is 5.26 Å². The van der Waals surface area contributed by atoms with Crippen LogP contribution in [-0.2, 0) is 16.0 Å². The summed E-state index contributed by atoms with van der Waals surface area (Å²) in [7, 11) is 0. The van der Waals surface area contributed by atoms with E-state index < -0.39 is 6.04 Å². The van der Waals surface area contributed by atoms with Crippen LogP contribution in [0.2, 0.25) is 0 Å². The molecule has 0 radical (unpaired) electrons. The minimum atomic E-state index is -0.652. The second-order valence-corrected chi connectivity index (χ2v) is 8.23. The van der Waals surface area contributed by atoms with Gasteiger partial charge in [0.05, 0.1) is 23.7 Å². The summed E-state index contributed by atoms with van der Waals surface area (Å²) in [6, 6.07) is 12.1. The molecule has 0 spiro atoms. The van der Waals surface area contributed by atoms with Crippen LogP contribution in [0.4, 0.5) is 5.82 Å². The van der Waals surface area contributed by atoms with Gasteiger partial charge in [-0.25, -0.2) is 4.98 Å². The first-order valence-corrected chi connectivity index (χ1v) is 10.5. The number of aromatic nitrogens is 1. The fraction of sp³-hybridized carbons (Fsp3) is 0.391. The number of nitrogens with one attached hydrogen (secondary N) is 3. The predicted molar refractivity (Wildman–Crippen MR) is 116 cm³/mol. The lowest BCUT2D eigenvalue weighted by molar-refractivity contribution is -0.129. The molecule has 1 saturated heterocycles. The van der Waals surface area contributed by atoms with Crippen molar-refractivity contribution in [1.29, 1.82) is 5.26 Å². The Morgan fingerprint density at radius 1 is 1.32 bits per heavy atom. The minimum Gasteiger partial charge on any atom is -0.384 e. The second kappa shape index (κ2) is 8.74.